The highest BCUT2D eigenvalue weighted by molar-refractivity contribution is 5.94. The van der Waals surface area contributed by atoms with Gasteiger partial charge in [0.1, 0.15) is 5.82 Å². The topological polar surface area (TPSA) is 72.9 Å². The highest BCUT2D eigenvalue weighted by Gasteiger charge is 2.21. The third-order valence-electron chi connectivity index (χ3n) is 5.02. The van der Waals surface area contributed by atoms with Crippen LogP contribution in [-0.4, -0.2) is 50.2 Å². The first-order valence-corrected chi connectivity index (χ1v) is 9.38. The number of rotatable bonds is 6. The first kappa shape index (κ1) is 19.8. The lowest BCUT2D eigenvalue weighted by Crippen LogP contribution is -2.37. The Labute approximate surface area is 165 Å². The van der Waals surface area contributed by atoms with E-state index in [0.29, 0.717) is 34.5 Å². The average Bonchev–Trinajstić information content (AvgIpc) is 2.73. The van der Waals surface area contributed by atoms with Gasteiger partial charge < -0.3 is 24.4 Å². The van der Waals surface area contributed by atoms with E-state index >= 15 is 0 Å². The fourth-order valence-electron chi connectivity index (χ4n) is 3.29. The summed E-state index contributed by atoms with van der Waals surface area (Å²) in [5, 5.41) is 3.20. The molecule has 7 heteroatoms. The van der Waals surface area contributed by atoms with Crippen LogP contribution in [0.5, 0.6) is 17.2 Å². The Balaban J connectivity index is 1.73. The molecule has 0 unspecified atom stereocenters. The van der Waals surface area contributed by atoms with Gasteiger partial charge in [0.25, 0.3) is 5.91 Å². The highest BCUT2D eigenvalue weighted by Crippen LogP contribution is 2.40. The number of ether oxygens (including phenoxy) is 3. The molecule has 1 aromatic carbocycles. The molecule has 1 amide bonds. The van der Waals surface area contributed by atoms with Crippen LogP contribution in [0, 0.1) is 5.92 Å². The second kappa shape index (κ2) is 8.82. The van der Waals surface area contributed by atoms with Crippen molar-refractivity contribution in [3.8, 4) is 17.2 Å². The fourth-order valence-corrected chi connectivity index (χ4v) is 3.29. The maximum Gasteiger partial charge on any atom is 0.255 e. The van der Waals surface area contributed by atoms with E-state index in [-0.39, 0.29) is 5.91 Å². The lowest BCUT2D eigenvalue weighted by Gasteiger charge is -2.30. The van der Waals surface area contributed by atoms with Crippen molar-refractivity contribution in [2.45, 2.75) is 19.8 Å². The maximum atomic E-state index is 12.6. The quantitative estimate of drug-likeness (QED) is 0.817. The van der Waals surface area contributed by atoms with E-state index in [2.05, 4.69) is 17.2 Å². The monoisotopic (exact) mass is 385 g/mol. The van der Waals surface area contributed by atoms with Crippen molar-refractivity contribution in [2.75, 3.05) is 39.7 Å². The number of piperidine rings is 1. The zero-order valence-corrected chi connectivity index (χ0v) is 16.8. The molecule has 1 fully saturated rings. The van der Waals surface area contributed by atoms with Crippen LogP contribution in [0.25, 0.3) is 0 Å². The lowest BCUT2D eigenvalue weighted by atomic mass is 9.99. The Morgan fingerprint density at radius 3 is 2.21 bits per heavy atom. The summed E-state index contributed by atoms with van der Waals surface area (Å²) >= 11 is 0. The number of aromatic nitrogens is 1. The molecule has 1 aliphatic heterocycles. The van der Waals surface area contributed by atoms with Gasteiger partial charge in [-0.3, -0.25) is 4.79 Å². The normalized spacial score (nSPS) is 14.5. The molecule has 1 aliphatic rings. The molecule has 1 saturated heterocycles. The second-order valence-corrected chi connectivity index (χ2v) is 6.95. The Hall–Kier alpha value is -2.96. The second-order valence-electron chi connectivity index (χ2n) is 6.95. The zero-order valence-electron chi connectivity index (χ0n) is 16.8. The van der Waals surface area contributed by atoms with E-state index < -0.39 is 0 Å². The molecule has 0 aliphatic carbocycles. The number of benzene rings is 1. The Kier molecular flexibility index (Phi) is 6.23. The van der Waals surface area contributed by atoms with Crippen LogP contribution in [-0.2, 0) is 0 Å². The van der Waals surface area contributed by atoms with Gasteiger partial charge in [0.05, 0.1) is 26.9 Å². The SMILES string of the molecule is COc1cc(Nc2ccc(C(=O)N3CCC(C)CC3)cn2)cc(OC)c1OC. The number of carbonyl (C=O) groups excluding carboxylic acids is 1. The number of pyridine rings is 1. The molecule has 3 rings (SSSR count). The van der Waals surface area contributed by atoms with E-state index in [1.165, 1.54) is 0 Å². The van der Waals surface area contributed by atoms with Crippen molar-refractivity contribution in [3.63, 3.8) is 0 Å². The minimum atomic E-state index is 0.0405. The molecule has 1 aromatic heterocycles. The van der Waals surface area contributed by atoms with Crippen molar-refractivity contribution < 1.29 is 19.0 Å². The molecule has 150 valence electrons. The maximum absolute atomic E-state index is 12.6. The fraction of sp³-hybridized carbons (Fsp3) is 0.429. The zero-order chi connectivity index (χ0) is 20.1. The summed E-state index contributed by atoms with van der Waals surface area (Å²) < 4.78 is 16.1. The van der Waals surface area contributed by atoms with Crippen molar-refractivity contribution in [2.24, 2.45) is 5.92 Å². The van der Waals surface area contributed by atoms with Crippen LogP contribution in [0.3, 0.4) is 0 Å². The Bertz CT molecular complexity index is 790. The van der Waals surface area contributed by atoms with Gasteiger partial charge in [-0.15, -0.1) is 0 Å². The minimum absolute atomic E-state index is 0.0405. The molecular weight excluding hydrogens is 358 g/mol. The molecular formula is C21H27N3O4. The van der Waals surface area contributed by atoms with E-state index in [9.17, 15) is 4.79 Å². The van der Waals surface area contributed by atoms with E-state index in [4.69, 9.17) is 14.2 Å². The Morgan fingerprint density at radius 2 is 1.71 bits per heavy atom. The summed E-state index contributed by atoms with van der Waals surface area (Å²) in [7, 11) is 4.70. The number of nitrogens with one attached hydrogen (secondary N) is 1. The van der Waals surface area contributed by atoms with Gasteiger partial charge in [-0.1, -0.05) is 6.92 Å². The predicted molar refractivity (Wildman–Crippen MR) is 108 cm³/mol. The van der Waals surface area contributed by atoms with Crippen LogP contribution in [0.4, 0.5) is 11.5 Å². The minimum Gasteiger partial charge on any atom is -0.493 e. The molecule has 2 heterocycles. The van der Waals surface area contributed by atoms with Crippen molar-refractivity contribution >= 4 is 17.4 Å². The third-order valence-corrected chi connectivity index (χ3v) is 5.02. The molecule has 7 nitrogen and oxygen atoms in total. The number of anilines is 2. The number of hydrogen-bond donors (Lipinski definition) is 1. The third kappa shape index (κ3) is 4.30. The number of carbonyl (C=O) groups is 1. The summed E-state index contributed by atoms with van der Waals surface area (Å²) in [6, 6.07) is 7.20. The summed E-state index contributed by atoms with van der Waals surface area (Å²) in [6.45, 7) is 3.85. The first-order chi connectivity index (χ1) is 13.5. The van der Waals surface area contributed by atoms with Gasteiger partial charge in [0.2, 0.25) is 5.75 Å². The summed E-state index contributed by atoms with van der Waals surface area (Å²) in [5.41, 5.74) is 1.34. The predicted octanol–water partition coefficient (Wildman–Crippen LogP) is 3.72. The van der Waals surface area contributed by atoms with Crippen molar-refractivity contribution in [3.05, 3.63) is 36.0 Å². The molecule has 0 atom stereocenters. The van der Waals surface area contributed by atoms with Gasteiger partial charge in [0, 0.05) is 37.1 Å². The molecule has 0 saturated carbocycles. The average molecular weight is 385 g/mol. The van der Waals surface area contributed by atoms with Crippen molar-refractivity contribution in [1.29, 1.82) is 0 Å². The van der Waals surface area contributed by atoms with Gasteiger partial charge >= 0.3 is 0 Å². The Morgan fingerprint density at radius 1 is 1.07 bits per heavy atom. The molecule has 0 spiro atoms. The van der Waals surface area contributed by atoms with Gasteiger partial charge in [-0.25, -0.2) is 4.98 Å². The lowest BCUT2D eigenvalue weighted by molar-refractivity contribution is 0.0697. The summed E-state index contributed by atoms with van der Waals surface area (Å²) in [4.78, 5) is 18.9. The van der Waals surface area contributed by atoms with Crippen LogP contribution in [0.2, 0.25) is 0 Å². The number of methoxy groups -OCH3 is 3. The highest BCUT2D eigenvalue weighted by atomic mass is 16.5. The molecule has 2 aromatic rings. The largest absolute Gasteiger partial charge is 0.493 e. The van der Waals surface area contributed by atoms with E-state index in [0.717, 1.165) is 31.6 Å². The van der Waals surface area contributed by atoms with E-state index in [1.54, 1.807) is 51.8 Å². The number of nitrogens with zero attached hydrogens (tertiary/aromatic N) is 2. The van der Waals surface area contributed by atoms with Crippen LogP contribution >= 0.6 is 0 Å². The first-order valence-electron chi connectivity index (χ1n) is 9.38. The van der Waals surface area contributed by atoms with E-state index in [1.807, 2.05) is 4.90 Å². The van der Waals surface area contributed by atoms with Crippen molar-refractivity contribution in [1.82, 2.24) is 9.88 Å². The molecule has 1 N–H and O–H groups in total. The van der Waals surface area contributed by atoms with Gasteiger partial charge in [-0.2, -0.15) is 0 Å². The molecule has 0 bridgehead atoms. The van der Waals surface area contributed by atoms with Crippen LogP contribution in [0.15, 0.2) is 30.5 Å². The van der Waals surface area contributed by atoms with Crippen LogP contribution < -0.4 is 19.5 Å². The number of likely N-dealkylation sites (tertiary alicyclic amines) is 1. The van der Waals surface area contributed by atoms with Crippen LogP contribution in [0.1, 0.15) is 30.1 Å². The van der Waals surface area contributed by atoms with Gasteiger partial charge in [-0.05, 0) is 30.9 Å². The molecule has 0 radical (unpaired) electrons. The number of amides is 1. The molecule has 28 heavy (non-hydrogen) atoms. The number of hydrogen-bond acceptors (Lipinski definition) is 6. The standard InChI is InChI=1S/C21H27N3O4/c1-14-7-9-24(10-8-14)21(25)15-5-6-19(22-13-15)23-16-11-17(26-2)20(28-4)18(12-16)27-3/h5-6,11-14H,7-10H2,1-4H3,(H,22,23). The van der Waals surface area contributed by atoms with Gasteiger partial charge in [0.15, 0.2) is 11.5 Å². The summed E-state index contributed by atoms with van der Waals surface area (Å²) in [6.07, 6.45) is 3.72. The smallest absolute Gasteiger partial charge is 0.255 e. The summed E-state index contributed by atoms with van der Waals surface area (Å²) in [5.74, 6) is 2.98.